The molecular formula is C35H37N5O6. The van der Waals surface area contributed by atoms with Gasteiger partial charge in [0.05, 0.1) is 40.5 Å². The van der Waals surface area contributed by atoms with Crippen molar-refractivity contribution in [3.8, 4) is 0 Å². The summed E-state index contributed by atoms with van der Waals surface area (Å²) in [4.78, 5) is 63.1. The highest BCUT2D eigenvalue weighted by molar-refractivity contribution is 6.35. The molecule has 0 fully saturated rings. The average Bonchev–Trinajstić information content (AvgIpc) is 3.72. The van der Waals surface area contributed by atoms with Crippen LogP contribution in [-0.4, -0.2) is 56.5 Å². The Hall–Kier alpha value is -4.80. The molecule has 0 saturated heterocycles. The number of aliphatic imine (C=N–C) groups is 2. The van der Waals surface area contributed by atoms with Crippen molar-refractivity contribution in [3.63, 3.8) is 0 Å². The summed E-state index contributed by atoms with van der Waals surface area (Å²) >= 11 is 0. The van der Waals surface area contributed by atoms with Gasteiger partial charge in [0.1, 0.15) is 5.92 Å². The van der Waals surface area contributed by atoms with Crippen molar-refractivity contribution in [1.29, 1.82) is 0 Å². The lowest BCUT2D eigenvalue weighted by Crippen LogP contribution is -2.42. The Morgan fingerprint density at radius 1 is 0.978 bits per heavy atom. The van der Waals surface area contributed by atoms with Crippen molar-refractivity contribution in [2.24, 2.45) is 39.6 Å². The van der Waals surface area contributed by atoms with Gasteiger partial charge in [0.25, 0.3) is 0 Å². The zero-order valence-corrected chi connectivity index (χ0v) is 27.0. The number of ether oxygens (including phenoxy) is 1. The number of fused-ring (bicyclic) bond motifs is 3. The molecule has 46 heavy (non-hydrogen) atoms. The molecule has 2 aromatic heterocycles. The molecule has 11 heteroatoms. The van der Waals surface area contributed by atoms with E-state index in [0.717, 1.165) is 23.4 Å². The molecule has 0 radical (unpaired) electrons. The number of ketones is 2. The van der Waals surface area contributed by atoms with E-state index in [1.54, 1.807) is 6.92 Å². The van der Waals surface area contributed by atoms with E-state index in [9.17, 15) is 24.3 Å². The van der Waals surface area contributed by atoms with Crippen LogP contribution in [0.25, 0.3) is 23.8 Å². The van der Waals surface area contributed by atoms with E-state index < -0.39 is 17.9 Å². The summed E-state index contributed by atoms with van der Waals surface area (Å²) in [5.41, 5.74) is 10.7. The van der Waals surface area contributed by atoms with Crippen LogP contribution in [0.4, 0.5) is 0 Å². The van der Waals surface area contributed by atoms with Crippen molar-refractivity contribution in [2.45, 2.75) is 60.8 Å². The molecule has 1 aliphatic carbocycles. The highest BCUT2D eigenvalue weighted by Crippen LogP contribution is 2.43. The molecule has 4 aliphatic heterocycles. The van der Waals surface area contributed by atoms with Gasteiger partial charge in [0.15, 0.2) is 11.6 Å². The smallest absolute Gasteiger partial charge is 0.321 e. The Bertz CT molecular complexity index is 2070. The number of aliphatic carboxylic acids is 1. The minimum absolute atomic E-state index is 0.0925. The van der Waals surface area contributed by atoms with E-state index in [1.807, 2.05) is 48.4 Å². The number of nitrogens with one attached hydrogen (secondary N) is 1. The number of hydrogen-bond donors (Lipinski definition) is 2. The number of hydrogen-bond acceptors (Lipinski definition) is 8. The molecule has 5 atom stereocenters. The Morgan fingerprint density at radius 3 is 2.30 bits per heavy atom. The van der Waals surface area contributed by atoms with Crippen molar-refractivity contribution in [1.82, 2.24) is 9.35 Å². The first-order chi connectivity index (χ1) is 21.9. The third kappa shape index (κ3) is 3.96. The molecule has 0 unspecified atom stereocenters. The standard InChI is InChI=1S/C35H37N5O6/c1-8-19-14(2)21-12-26-28(18(6)41)16(4)24-11-22-15(3)20(9-10-27(42)43)32(37-22)30-31(35(45)46-7)34(44)29-17(5)25(13-23(19)36-21)40(33(29)30)38-39(24)26/h11-15,19-20,31,38H,8-10H2,1-7H3,(H,42,43)/t14-,15+,19-,20+,31-/m1/s1. The fourth-order valence-electron chi connectivity index (χ4n) is 8.19. The summed E-state index contributed by atoms with van der Waals surface area (Å²) in [6.45, 7) is 11.6. The van der Waals surface area contributed by atoms with Gasteiger partial charge in [-0.25, -0.2) is 14.9 Å². The molecule has 0 spiro atoms. The maximum atomic E-state index is 14.4. The number of carboxylic acids is 1. The second-order valence-corrected chi connectivity index (χ2v) is 13.0. The highest BCUT2D eigenvalue weighted by Gasteiger charge is 2.48. The monoisotopic (exact) mass is 623 g/mol. The molecule has 11 nitrogen and oxygen atoms in total. The predicted molar refractivity (Wildman–Crippen MR) is 173 cm³/mol. The second kappa shape index (κ2) is 10.4. The van der Waals surface area contributed by atoms with Gasteiger partial charge in [-0.2, -0.15) is 0 Å². The molecule has 6 heterocycles. The number of aromatic nitrogens is 2. The second-order valence-electron chi connectivity index (χ2n) is 13.0. The summed E-state index contributed by atoms with van der Waals surface area (Å²) < 4.78 is 8.88. The van der Waals surface area contributed by atoms with E-state index in [0.29, 0.717) is 55.8 Å². The first kappa shape index (κ1) is 29.9. The molecule has 2 aromatic rings. The number of carbonyl (C=O) groups is 4. The number of rotatable bonds is 6. The highest BCUT2D eigenvalue weighted by atomic mass is 16.5. The largest absolute Gasteiger partial charge is 0.481 e. The zero-order chi connectivity index (χ0) is 32.9. The summed E-state index contributed by atoms with van der Waals surface area (Å²) in [6.07, 6.45) is 6.95. The number of esters is 1. The average molecular weight is 624 g/mol. The molecule has 0 amide bonds. The third-order valence-electron chi connectivity index (χ3n) is 10.6. The Labute approximate surface area is 265 Å². The van der Waals surface area contributed by atoms with E-state index >= 15 is 0 Å². The molecule has 238 valence electrons. The number of nitrogens with zero attached hydrogens (tertiary/aromatic N) is 4. The maximum Gasteiger partial charge on any atom is 0.321 e. The number of methoxy groups -OCH3 is 1. The van der Waals surface area contributed by atoms with Crippen LogP contribution in [0.1, 0.15) is 90.2 Å². The summed E-state index contributed by atoms with van der Waals surface area (Å²) in [5, 5.41) is 10.9. The number of carboxylic acid groups (broad SMARTS) is 1. The predicted octanol–water partition coefficient (Wildman–Crippen LogP) is 3.43. The minimum Gasteiger partial charge on any atom is -0.481 e. The van der Waals surface area contributed by atoms with Gasteiger partial charge in [-0.3, -0.25) is 29.2 Å². The molecular weight excluding hydrogens is 586 g/mol. The van der Waals surface area contributed by atoms with Crippen LogP contribution in [0.2, 0.25) is 0 Å². The van der Waals surface area contributed by atoms with Crippen molar-refractivity contribution in [3.05, 3.63) is 55.7 Å². The third-order valence-corrected chi connectivity index (χ3v) is 10.6. The molecule has 0 saturated carbocycles. The molecule has 6 bridgehead atoms. The zero-order valence-electron chi connectivity index (χ0n) is 27.0. The lowest BCUT2D eigenvalue weighted by molar-refractivity contribution is -0.142. The van der Waals surface area contributed by atoms with E-state index in [2.05, 4.69) is 19.4 Å². The van der Waals surface area contributed by atoms with E-state index in [1.165, 1.54) is 7.11 Å². The van der Waals surface area contributed by atoms with Crippen molar-refractivity contribution in [2.75, 3.05) is 12.6 Å². The van der Waals surface area contributed by atoms with Crippen LogP contribution in [-0.2, 0) is 14.3 Å². The van der Waals surface area contributed by atoms with Crippen LogP contribution in [0.15, 0.2) is 21.4 Å². The fraction of sp³-hybridized carbons (Fsp3) is 0.429. The molecule has 5 aliphatic rings. The normalized spacial score (nSPS) is 25.2. The Morgan fingerprint density at radius 2 is 1.65 bits per heavy atom. The summed E-state index contributed by atoms with van der Waals surface area (Å²) in [5.74, 6) is -3.77. The Balaban J connectivity index is 1.69. The van der Waals surface area contributed by atoms with Crippen molar-refractivity contribution >= 4 is 58.7 Å². The van der Waals surface area contributed by atoms with Gasteiger partial charge in [0.2, 0.25) is 0 Å². The first-order valence-corrected chi connectivity index (χ1v) is 15.8. The Kier molecular flexibility index (Phi) is 6.73. The number of allylic oxidation sites excluding steroid dienone is 2. The lowest BCUT2D eigenvalue weighted by atomic mass is 9.81. The lowest BCUT2D eigenvalue weighted by Gasteiger charge is -2.21. The summed E-state index contributed by atoms with van der Waals surface area (Å²) in [6, 6.07) is 0. The minimum atomic E-state index is -1.25. The summed E-state index contributed by atoms with van der Waals surface area (Å²) in [7, 11) is 1.26. The van der Waals surface area contributed by atoms with Crippen LogP contribution < -0.4 is 16.2 Å². The molecule has 7 rings (SSSR count). The molecule has 2 N–H and O–H groups in total. The maximum absolute atomic E-state index is 14.4. The quantitative estimate of drug-likeness (QED) is 0.285. The van der Waals surface area contributed by atoms with Crippen LogP contribution in [0.3, 0.4) is 0 Å². The van der Waals surface area contributed by atoms with Gasteiger partial charge >= 0.3 is 11.9 Å². The van der Waals surface area contributed by atoms with E-state index in [4.69, 9.17) is 14.7 Å². The topological polar surface area (TPSA) is 144 Å². The van der Waals surface area contributed by atoms with Gasteiger partial charge in [-0.15, -0.1) is 0 Å². The molecule has 0 aromatic carbocycles. The van der Waals surface area contributed by atoms with Gasteiger partial charge in [-0.1, -0.05) is 20.8 Å². The fourth-order valence-corrected chi connectivity index (χ4v) is 8.19. The van der Waals surface area contributed by atoms with Crippen LogP contribution in [0, 0.1) is 43.4 Å². The van der Waals surface area contributed by atoms with Crippen molar-refractivity contribution < 1.29 is 29.0 Å². The number of carbonyl (C=O) groups excluding carboxylic acids is 3. The van der Waals surface area contributed by atoms with E-state index in [-0.39, 0.29) is 48.1 Å². The number of Topliss-reactive ketones (excluding diaryl/α,β-unsaturated/α-hetero) is 2. The van der Waals surface area contributed by atoms with Crippen LogP contribution >= 0.6 is 0 Å². The van der Waals surface area contributed by atoms with Gasteiger partial charge < -0.3 is 9.84 Å². The SMILES string of the molecule is CC[C@H]1C2=NC(=Cc3c(C(C)=O)c(C)c4n3Nn3c(c(C)c5c3=C(C3=NC(=C4)[C@@H](C)[C@@H]3CCC(=O)O)[C@@H](C(=O)OC)C5=O)=C2)[C@@H]1C. The van der Waals surface area contributed by atoms with Crippen LogP contribution in [0.5, 0.6) is 0 Å². The van der Waals surface area contributed by atoms with Gasteiger partial charge in [-0.05, 0) is 63.0 Å². The first-order valence-electron chi connectivity index (χ1n) is 15.8. The van der Waals surface area contributed by atoms with Gasteiger partial charge in [0, 0.05) is 58.3 Å².